The standard InChI is InChI=1S/C24H29FN6O4S/c1-5-24(25,21-13-18(11-12-27-21)31-36(33,34)19-8-9-19)23(32)30-22-10-7-17(14-28-22)20(15-26-4)29-16(3)35-6-2/h7,10-15,19H,4-6,8-9H2,1-3H3,(H,27,31)(H,28,30,32)/b20-15-,29-16+/t24-/m1/s1. The van der Waals surface area contributed by atoms with E-state index in [1.54, 1.807) is 13.0 Å². The normalized spacial score (nSPS) is 16.1. The molecule has 1 amide bonds. The van der Waals surface area contributed by atoms with Gasteiger partial charge in [0.1, 0.15) is 5.82 Å². The third kappa shape index (κ3) is 6.51. The van der Waals surface area contributed by atoms with Crippen molar-refractivity contribution >= 4 is 45.7 Å². The second-order valence-electron chi connectivity index (χ2n) is 8.08. The van der Waals surface area contributed by atoms with Gasteiger partial charge in [0.25, 0.3) is 5.91 Å². The lowest BCUT2D eigenvalue weighted by Gasteiger charge is -2.22. The minimum Gasteiger partial charge on any atom is -0.481 e. The van der Waals surface area contributed by atoms with E-state index in [1.807, 2.05) is 6.92 Å². The zero-order chi connectivity index (χ0) is 26.3. The molecule has 1 aliphatic carbocycles. The van der Waals surface area contributed by atoms with E-state index in [0.29, 0.717) is 36.6 Å². The van der Waals surface area contributed by atoms with Crippen LogP contribution in [0.3, 0.4) is 0 Å². The number of hydrogen-bond acceptors (Lipinski definition) is 8. The summed E-state index contributed by atoms with van der Waals surface area (Å²) >= 11 is 0. The summed E-state index contributed by atoms with van der Waals surface area (Å²) in [4.78, 5) is 29.2. The summed E-state index contributed by atoms with van der Waals surface area (Å²) in [7, 11) is -3.55. The number of alkyl halides is 1. The first-order chi connectivity index (χ1) is 17.1. The molecule has 1 atom stereocenters. The number of anilines is 2. The zero-order valence-electron chi connectivity index (χ0n) is 20.4. The van der Waals surface area contributed by atoms with Crippen LogP contribution in [0.15, 0.2) is 52.8 Å². The maximum absolute atomic E-state index is 15.9. The van der Waals surface area contributed by atoms with E-state index in [4.69, 9.17) is 4.74 Å². The van der Waals surface area contributed by atoms with Gasteiger partial charge in [-0.3, -0.25) is 19.5 Å². The maximum Gasteiger partial charge on any atom is 0.269 e. The Labute approximate surface area is 209 Å². The highest BCUT2D eigenvalue weighted by molar-refractivity contribution is 7.93. The van der Waals surface area contributed by atoms with Crippen LogP contribution in [0.25, 0.3) is 5.70 Å². The van der Waals surface area contributed by atoms with Crippen molar-refractivity contribution < 1.29 is 22.3 Å². The van der Waals surface area contributed by atoms with Crippen LogP contribution in [-0.2, 0) is 25.2 Å². The molecule has 1 aliphatic rings. The van der Waals surface area contributed by atoms with E-state index in [-0.39, 0.29) is 23.6 Å². The number of aromatic nitrogens is 2. The summed E-state index contributed by atoms with van der Waals surface area (Å²) < 4.78 is 48.2. The highest BCUT2D eigenvalue weighted by Gasteiger charge is 2.41. The summed E-state index contributed by atoms with van der Waals surface area (Å²) in [5.74, 6) is -0.431. The molecule has 0 bridgehead atoms. The number of carbonyl (C=O) groups excluding carboxylic acids is 1. The summed E-state index contributed by atoms with van der Waals surface area (Å²) in [6.45, 7) is 8.94. The predicted molar refractivity (Wildman–Crippen MR) is 138 cm³/mol. The number of nitrogens with one attached hydrogen (secondary N) is 2. The first-order valence-electron chi connectivity index (χ1n) is 11.4. The molecule has 2 N–H and O–H groups in total. The molecule has 192 valence electrons. The van der Waals surface area contributed by atoms with Gasteiger partial charge in [0, 0.05) is 24.9 Å². The van der Waals surface area contributed by atoms with Crippen molar-refractivity contribution in [2.24, 2.45) is 9.98 Å². The molecular formula is C24H29FN6O4S. The van der Waals surface area contributed by atoms with Crippen molar-refractivity contribution in [2.75, 3.05) is 16.6 Å². The Morgan fingerprint density at radius 1 is 1.31 bits per heavy atom. The average molecular weight is 517 g/mol. The topological polar surface area (TPSA) is 135 Å². The van der Waals surface area contributed by atoms with Crippen LogP contribution in [0.1, 0.15) is 51.3 Å². The Bertz CT molecular complexity index is 1280. The number of carbonyl (C=O) groups is 1. The molecule has 12 heteroatoms. The number of pyridine rings is 2. The van der Waals surface area contributed by atoms with Crippen molar-refractivity contribution in [2.45, 2.75) is 51.0 Å². The third-order valence-electron chi connectivity index (χ3n) is 5.38. The molecular weight excluding hydrogens is 487 g/mol. The Kier molecular flexibility index (Phi) is 8.51. The molecule has 2 aromatic heterocycles. The first kappa shape index (κ1) is 26.9. The van der Waals surface area contributed by atoms with Gasteiger partial charge in [-0.2, -0.15) is 0 Å². The fourth-order valence-corrected chi connectivity index (χ4v) is 4.67. The van der Waals surface area contributed by atoms with Crippen molar-refractivity contribution in [3.63, 3.8) is 0 Å². The molecule has 2 aromatic rings. The van der Waals surface area contributed by atoms with Crippen LogP contribution >= 0.6 is 0 Å². The summed E-state index contributed by atoms with van der Waals surface area (Å²) in [6, 6.07) is 5.79. The van der Waals surface area contributed by atoms with E-state index in [0.717, 1.165) is 0 Å². The van der Waals surface area contributed by atoms with Gasteiger partial charge in [0.2, 0.25) is 15.7 Å². The van der Waals surface area contributed by atoms with E-state index < -0.39 is 26.8 Å². The van der Waals surface area contributed by atoms with E-state index in [9.17, 15) is 13.2 Å². The highest BCUT2D eigenvalue weighted by Crippen LogP contribution is 2.33. The third-order valence-corrected chi connectivity index (χ3v) is 7.25. The Morgan fingerprint density at radius 3 is 2.64 bits per heavy atom. The van der Waals surface area contributed by atoms with E-state index in [2.05, 4.69) is 36.7 Å². The quantitative estimate of drug-likeness (QED) is 0.342. The SMILES string of the molecule is C=N/C=C(\N=C(/C)OCC)c1ccc(NC(=O)[C@@](F)(CC)c2cc(NS(=O)(=O)C3CC3)ccn2)nc1. The van der Waals surface area contributed by atoms with Gasteiger partial charge in [0.15, 0.2) is 5.90 Å². The average Bonchev–Trinajstić information content (AvgIpc) is 3.70. The van der Waals surface area contributed by atoms with Crippen LogP contribution in [0.5, 0.6) is 0 Å². The van der Waals surface area contributed by atoms with Crippen molar-refractivity contribution in [1.82, 2.24) is 9.97 Å². The minimum atomic E-state index is -3.55. The predicted octanol–water partition coefficient (Wildman–Crippen LogP) is 4.05. The molecule has 1 fully saturated rings. The summed E-state index contributed by atoms with van der Waals surface area (Å²) in [6.07, 6.45) is 5.10. The van der Waals surface area contributed by atoms with Crippen LogP contribution in [0, 0.1) is 0 Å². The first-order valence-corrected chi connectivity index (χ1v) is 13.0. The lowest BCUT2D eigenvalue weighted by molar-refractivity contribution is -0.128. The molecule has 3 rings (SSSR count). The smallest absolute Gasteiger partial charge is 0.269 e. The van der Waals surface area contributed by atoms with E-state index in [1.165, 1.54) is 43.7 Å². The lowest BCUT2D eigenvalue weighted by Crippen LogP contribution is -2.37. The fraction of sp³-hybridized carbons (Fsp3) is 0.375. The minimum absolute atomic E-state index is 0.112. The highest BCUT2D eigenvalue weighted by atomic mass is 32.2. The van der Waals surface area contributed by atoms with Gasteiger partial charge in [-0.25, -0.2) is 22.8 Å². The van der Waals surface area contributed by atoms with Gasteiger partial charge in [0.05, 0.1) is 35.1 Å². The zero-order valence-corrected chi connectivity index (χ0v) is 21.2. The van der Waals surface area contributed by atoms with Crippen LogP contribution < -0.4 is 10.0 Å². The number of aliphatic imine (C=N–C) groups is 2. The molecule has 10 nitrogen and oxygen atoms in total. The molecule has 0 radical (unpaired) electrons. The van der Waals surface area contributed by atoms with Crippen LogP contribution in [0.2, 0.25) is 0 Å². The number of halogens is 1. The van der Waals surface area contributed by atoms with Crippen LogP contribution in [0.4, 0.5) is 15.9 Å². The Hall–Kier alpha value is -3.67. The summed E-state index contributed by atoms with van der Waals surface area (Å²) in [5.41, 5.74) is -1.55. The van der Waals surface area contributed by atoms with Gasteiger partial charge < -0.3 is 10.1 Å². The molecule has 2 heterocycles. The Morgan fingerprint density at radius 2 is 2.06 bits per heavy atom. The largest absolute Gasteiger partial charge is 0.481 e. The molecule has 0 unspecified atom stereocenters. The Balaban J connectivity index is 1.78. The lowest BCUT2D eigenvalue weighted by atomic mass is 9.96. The maximum atomic E-state index is 15.9. The summed E-state index contributed by atoms with van der Waals surface area (Å²) in [5, 5.41) is 2.02. The number of sulfonamides is 1. The number of rotatable bonds is 11. The second-order valence-corrected chi connectivity index (χ2v) is 10.0. The van der Waals surface area contributed by atoms with Gasteiger partial charge in [-0.1, -0.05) is 6.92 Å². The van der Waals surface area contributed by atoms with Crippen LogP contribution in [-0.4, -0.2) is 48.8 Å². The van der Waals surface area contributed by atoms with Crippen molar-refractivity contribution in [3.05, 3.63) is 54.1 Å². The molecule has 0 aliphatic heterocycles. The van der Waals surface area contributed by atoms with Crippen molar-refractivity contribution in [3.8, 4) is 0 Å². The monoisotopic (exact) mass is 516 g/mol. The van der Waals surface area contributed by atoms with Gasteiger partial charge in [-0.05, 0) is 57.2 Å². The van der Waals surface area contributed by atoms with E-state index >= 15 is 4.39 Å². The molecule has 0 saturated heterocycles. The van der Waals surface area contributed by atoms with Gasteiger partial charge >= 0.3 is 0 Å². The molecule has 36 heavy (non-hydrogen) atoms. The number of hydrogen-bond donors (Lipinski definition) is 2. The number of amides is 1. The van der Waals surface area contributed by atoms with Crippen molar-refractivity contribution in [1.29, 1.82) is 0 Å². The second kappa shape index (κ2) is 11.4. The fourth-order valence-electron chi connectivity index (χ4n) is 3.29. The molecule has 0 spiro atoms. The number of nitrogens with zero attached hydrogens (tertiary/aromatic N) is 4. The molecule has 1 saturated carbocycles. The number of ether oxygens (including phenoxy) is 1. The molecule has 0 aromatic carbocycles. The van der Waals surface area contributed by atoms with Gasteiger partial charge in [-0.15, -0.1) is 0 Å².